The Labute approximate surface area is 129 Å². The van der Waals surface area contributed by atoms with E-state index in [4.69, 9.17) is 0 Å². The van der Waals surface area contributed by atoms with E-state index >= 15 is 0 Å². The van der Waals surface area contributed by atoms with Gasteiger partial charge in [-0.1, -0.05) is 37.3 Å². The van der Waals surface area contributed by atoms with E-state index in [1.54, 1.807) is 0 Å². The van der Waals surface area contributed by atoms with Gasteiger partial charge in [0.1, 0.15) is 0 Å². The standard InChI is InChI=1S/C18H29N3/c1-2-19-10-8-18(9-11-19)21-14-12-20(13-15-21)16-17-6-4-3-5-7-17/h3-7,18H,2,8-16H2,1H3. The maximum absolute atomic E-state index is 2.74. The molecule has 0 radical (unpaired) electrons. The SMILES string of the molecule is CCN1CCC(N2CCN(Cc3ccccc3)CC2)CC1. The Balaban J connectivity index is 1.43. The number of likely N-dealkylation sites (tertiary alicyclic amines) is 1. The molecule has 1 aromatic carbocycles. The summed E-state index contributed by atoms with van der Waals surface area (Å²) in [5.41, 5.74) is 1.45. The molecule has 2 aliphatic heterocycles. The van der Waals surface area contributed by atoms with Gasteiger partial charge in [-0.2, -0.15) is 0 Å². The van der Waals surface area contributed by atoms with Crippen molar-refractivity contribution in [1.82, 2.24) is 14.7 Å². The Morgan fingerprint density at radius 1 is 0.857 bits per heavy atom. The molecule has 1 aromatic rings. The molecule has 0 N–H and O–H groups in total. The van der Waals surface area contributed by atoms with Crippen molar-refractivity contribution >= 4 is 0 Å². The van der Waals surface area contributed by atoms with Crippen molar-refractivity contribution in [2.75, 3.05) is 45.8 Å². The molecule has 116 valence electrons. The van der Waals surface area contributed by atoms with Crippen molar-refractivity contribution in [2.45, 2.75) is 32.4 Å². The summed E-state index contributed by atoms with van der Waals surface area (Å²) in [5, 5.41) is 0. The normalized spacial score (nSPS) is 23.5. The lowest BCUT2D eigenvalue weighted by molar-refractivity contribution is 0.0578. The first-order chi connectivity index (χ1) is 10.3. The van der Waals surface area contributed by atoms with Gasteiger partial charge in [-0.15, -0.1) is 0 Å². The predicted octanol–water partition coefficient (Wildman–Crippen LogP) is 2.29. The molecular weight excluding hydrogens is 258 g/mol. The maximum atomic E-state index is 2.74. The number of hydrogen-bond donors (Lipinski definition) is 0. The first-order valence-electron chi connectivity index (χ1n) is 8.58. The summed E-state index contributed by atoms with van der Waals surface area (Å²) in [5.74, 6) is 0. The summed E-state index contributed by atoms with van der Waals surface area (Å²) in [7, 11) is 0. The third-order valence-electron chi connectivity index (χ3n) is 5.18. The number of benzene rings is 1. The highest BCUT2D eigenvalue weighted by Gasteiger charge is 2.26. The van der Waals surface area contributed by atoms with E-state index in [2.05, 4.69) is 52.0 Å². The van der Waals surface area contributed by atoms with Crippen LogP contribution < -0.4 is 0 Å². The third kappa shape index (κ3) is 4.06. The minimum atomic E-state index is 0.840. The molecule has 2 fully saturated rings. The van der Waals surface area contributed by atoms with Crippen LogP contribution in [0.5, 0.6) is 0 Å². The first kappa shape index (κ1) is 15.0. The van der Waals surface area contributed by atoms with Crippen LogP contribution >= 0.6 is 0 Å². The van der Waals surface area contributed by atoms with E-state index in [0.717, 1.165) is 12.6 Å². The molecule has 0 bridgehead atoms. The van der Waals surface area contributed by atoms with Gasteiger partial charge in [-0.25, -0.2) is 0 Å². The van der Waals surface area contributed by atoms with Crippen LogP contribution in [-0.2, 0) is 6.54 Å². The summed E-state index contributed by atoms with van der Waals surface area (Å²) < 4.78 is 0. The fraction of sp³-hybridized carbons (Fsp3) is 0.667. The van der Waals surface area contributed by atoms with Crippen molar-refractivity contribution in [3.05, 3.63) is 35.9 Å². The minimum absolute atomic E-state index is 0.840. The van der Waals surface area contributed by atoms with Gasteiger partial charge in [0.25, 0.3) is 0 Å². The first-order valence-corrected chi connectivity index (χ1v) is 8.58. The Bertz CT molecular complexity index is 404. The molecule has 21 heavy (non-hydrogen) atoms. The van der Waals surface area contributed by atoms with E-state index in [-0.39, 0.29) is 0 Å². The average Bonchev–Trinajstić information content (AvgIpc) is 2.57. The van der Waals surface area contributed by atoms with Crippen molar-refractivity contribution in [2.24, 2.45) is 0 Å². The fourth-order valence-electron chi connectivity index (χ4n) is 3.73. The molecule has 0 aromatic heterocycles. The van der Waals surface area contributed by atoms with E-state index in [0.29, 0.717) is 0 Å². The highest BCUT2D eigenvalue weighted by atomic mass is 15.3. The second-order valence-corrected chi connectivity index (χ2v) is 6.46. The van der Waals surface area contributed by atoms with Gasteiger partial charge < -0.3 is 4.90 Å². The number of hydrogen-bond acceptors (Lipinski definition) is 3. The van der Waals surface area contributed by atoms with Crippen LogP contribution in [0.3, 0.4) is 0 Å². The zero-order chi connectivity index (χ0) is 14.5. The Morgan fingerprint density at radius 2 is 1.52 bits per heavy atom. The molecule has 3 heteroatoms. The molecule has 3 nitrogen and oxygen atoms in total. The molecular formula is C18H29N3. The second-order valence-electron chi connectivity index (χ2n) is 6.46. The molecule has 3 rings (SSSR count). The van der Waals surface area contributed by atoms with Gasteiger partial charge in [0.05, 0.1) is 0 Å². The zero-order valence-corrected chi connectivity index (χ0v) is 13.4. The summed E-state index contributed by atoms with van der Waals surface area (Å²) in [4.78, 5) is 7.93. The maximum Gasteiger partial charge on any atom is 0.0234 e. The van der Waals surface area contributed by atoms with Crippen LogP contribution in [0, 0.1) is 0 Å². The molecule has 2 aliphatic rings. The number of nitrogens with zero attached hydrogens (tertiary/aromatic N) is 3. The molecule has 0 spiro atoms. The minimum Gasteiger partial charge on any atom is -0.303 e. The number of piperazine rings is 1. The van der Waals surface area contributed by atoms with E-state index < -0.39 is 0 Å². The van der Waals surface area contributed by atoms with E-state index in [9.17, 15) is 0 Å². The Kier molecular flexibility index (Phi) is 5.28. The topological polar surface area (TPSA) is 9.72 Å². The molecule has 0 unspecified atom stereocenters. The molecule has 2 heterocycles. The van der Waals surface area contributed by atoms with Crippen molar-refractivity contribution < 1.29 is 0 Å². The van der Waals surface area contributed by atoms with Gasteiger partial charge >= 0.3 is 0 Å². The third-order valence-corrected chi connectivity index (χ3v) is 5.18. The van der Waals surface area contributed by atoms with Crippen molar-refractivity contribution in [3.8, 4) is 0 Å². The van der Waals surface area contributed by atoms with Gasteiger partial charge in [-0.05, 0) is 38.0 Å². The monoisotopic (exact) mass is 287 g/mol. The quantitative estimate of drug-likeness (QED) is 0.841. The van der Waals surface area contributed by atoms with E-state index in [1.165, 1.54) is 64.2 Å². The predicted molar refractivity (Wildman–Crippen MR) is 88.4 cm³/mol. The van der Waals surface area contributed by atoms with Crippen LogP contribution in [-0.4, -0.2) is 66.6 Å². The van der Waals surface area contributed by atoms with Gasteiger partial charge in [0.15, 0.2) is 0 Å². The van der Waals surface area contributed by atoms with Crippen LogP contribution in [0.25, 0.3) is 0 Å². The second kappa shape index (κ2) is 7.39. The molecule has 0 saturated carbocycles. The number of rotatable bonds is 4. The molecule has 2 saturated heterocycles. The summed E-state index contributed by atoms with van der Waals surface area (Å²) >= 11 is 0. The van der Waals surface area contributed by atoms with Crippen LogP contribution in [0.2, 0.25) is 0 Å². The lowest BCUT2D eigenvalue weighted by atomic mass is 10.0. The molecule has 0 aliphatic carbocycles. The zero-order valence-electron chi connectivity index (χ0n) is 13.4. The summed E-state index contributed by atoms with van der Waals surface area (Å²) in [6, 6.07) is 11.7. The van der Waals surface area contributed by atoms with Crippen LogP contribution in [0.4, 0.5) is 0 Å². The Hall–Kier alpha value is -0.900. The van der Waals surface area contributed by atoms with Crippen molar-refractivity contribution in [1.29, 1.82) is 0 Å². The van der Waals surface area contributed by atoms with Crippen LogP contribution in [0.15, 0.2) is 30.3 Å². The van der Waals surface area contributed by atoms with Crippen LogP contribution in [0.1, 0.15) is 25.3 Å². The lowest BCUT2D eigenvalue weighted by Gasteiger charge is -2.42. The van der Waals surface area contributed by atoms with Gasteiger partial charge in [0.2, 0.25) is 0 Å². The van der Waals surface area contributed by atoms with Gasteiger partial charge in [0, 0.05) is 38.8 Å². The lowest BCUT2D eigenvalue weighted by Crippen LogP contribution is -2.52. The average molecular weight is 287 g/mol. The highest BCUT2D eigenvalue weighted by Crippen LogP contribution is 2.18. The number of piperidine rings is 1. The summed E-state index contributed by atoms with van der Waals surface area (Å²) in [6.45, 7) is 12.2. The van der Waals surface area contributed by atoms with Crippen molar-refractivity contribution in [3.63, 3.8) is 0 Å². The van der Waals surface area contributed by atoms with E-state index in [1.807, 2.05) is 0 Å². The largest absolute Gasteiger partial charge is 0.303 e. The smallest absolute Gasteiger partial charge is 0.0234 e. The molecule has 0 atom stereocenters. The van der Waals surface area contributed by atoms with Gasteiger partial charge in [-0.3, -0.25) is 9.80 Å². The Morgan fingerprint density at radius 3 is 2.14 bits per heavy atom. The molecule has 0 amide bonds. The summed E-state index contributed by atoms with van der Waals surface area (Å²) in [6.07, 6.45) is 2.74. The fourth-order valence-corrected chi connectivity index (χ4v) is 3.73. The highest BCUT2D eigenvalue weighted by molar-refractivity contribution is 5.14.